The number of nitrogens with zero attached hydrogens (tertiary/aromatic N) is 4. The number of hydrogen-bond acceptors (Lipinski definition) is 4. The second-order valence-corrected chi connectivity index (χ2v) is 5.15. The molecule has 0 unspecified atom stereocenters. The van der Waals surface area contributed by atoms with Gasteiger partial charge < -0.3 is 5.11 Å². The molecule has 21 heavy (non-hydrogen) atoms. The molecule has 1 N–H and O–H groups in total. The summed E-state index contributed by atoms with van der Waals surface area (Å²) < 4.78 is 1.92. The van der Waals surface area contributed by atoms with E-state index in [9.17, 15) is 5.11 Å². The quantitative estimate of drug-likeness (QED) is 0.696. The topological polar surface area (TPSA) is 62.2 Å². The van der Waals surface area contributed by atoms with Crippen molar-refractivity contribution in [1.29, 1.82) is 0 Å². The van der Waals surface area contributed by atoms with Crippen LogP contribution in [0.1, 0.15) is 11.4 Å². The van der Waals surface area contributed by atoms with Crippen molar-refractivity contribution in [2.75, 3.05) is 0 Å². The summed E-state index contributed by atoms with van der Waals surface area (Å²) in [6.45, 7) is 3.85. The molecule has 0 amide bonds. The number of halogens is 1. The normalized spacial score (nSPS) is 11.6. The number of aryl methyl sites for hydroxylation is 2. The number of azo groups is 1. The van der Waals surface area contributed by atoms with Gasteiger partial charge in [0.2, 0.25) is 0 Å². The van der Waals surface area contributed by atoms with Crippen molar-refractivity contribution in [1.82, 2.24) is 9.38 Å². The van der Waals surface area contributed by atoms with E-state index in [0.717, 1.165) is 17.0 Å². The van der Waals surface area contributed by atoms with Crippen LogP contribution >= 0.6 is 11.6 Å². The Kier molecular flexibility index (Phi) is 3.35. The molecule has 3 rings (SSSR count). The molecule has 0 aliphatic carbocycles. The number of benzene rings is 1. The molecule has 3 aromatic rings. The standard InChI is InChI=1S/C15H13ClN4O/c1-9-4-3-5-14-17-10(2)15(20(9)14)19-18-12-8-11(16)6-7-13(12)21/h3-8,21H,1-2H3. The van der Waals surface area contributed by atoms with Crippen LogP contribution in [0.2, 0.25) is 5.02 Å². The van der Waals surface area contributed by atoms with Gasteiger partial charge in [-0.1, -0.05) is 17.7 Å². The molecule has 0 radical (unpaired) electrons. The summed E-state index contributed by atoms with van der Waals surface area (Å²) in [6, 6.07) is 10.5. The van der Waals surface area contributed by atoms with Gasteiger partial charge in [-0.05, 0) is 44.2 Å². The van der Waals surface area contributed by atoms with E-state index in [1.54, 1.807) is 12.1 Å². The van der Waals surface area contributed by atoms with Crippen molar-refractivity contribution < 1.29 is 5.11 Å². The highest BCUT2D eigenvalue weighted by molar-refractivity contribution is 6.30. The lowest BCUT2D eigenvalue weighted by molar-refractivity contribution is 0.476. The maximum absolute atomic E-state index is 9.77. The fourth-order valence-electron chi connectivity index (χ4n) is 2.14. The van der Waals surface area contributed by atoms with E-state index in [1.807, 2.05) is 36.4 Å². The monoisotopic (exact) mass is 300 g/mol. The molecule has 2 heterocycles. The van der Waals surface area contributed by atoms with Gasteiger partial charge in [-0.2, -0.15) is 0 Å². The summed E-state index contributed by atoms with van der Waals surface area (Å²) in [7, 11) is 0. The predicted molar refractivity (Wildman–Crippen MR) is 82.0 cm³/mol. The summed E-state index contributed by atoms with van der Waals surface area (Å²) in [5, 5.41) is 18.6. The van der Waals surface area contributed by atoms with Crippen LogP contribution in [0.5, 0.6) is 5.75 Å². The number of hydrogen-bond donors (Lipinski definition) is 1. The largest absolute Gasteiger partial charge is 0.506 e. The van der Waals surface area contributed by atoms with Gasteiger partial charge in [0.05, 0.1) is 5.69 Å². The van der Waals surface area contributed by atoms with Crippen molar-refractivity contribution in [3.05, 3.63) is 52.8 Å². The maximum Gasteiger partial charge on any atom is 0.182 e. The molecular formula is C15H13ClN4O. The smallest absolute Gasteiger partial charge is 0.182 e. The molecule has 0 spiro atoms. The molecule has 2 aromatic heterocycles. The Labute approximate surface area is 126 Å². The first-order chi connectivity index (χ1) is 10.1. The van der Waals surface area contributed by atoms with Gasteiger partial charge in [-0.15, -0.1) is 10.2 Å². The molecule has 6 heteroatoms. The van der Waals surface area contributed by atoms with E-state index >= 15 is 0 Å². The zero-order chi connectivity index (χ0) is 15.0. The molecule has 0 saturated heterocycles. The number of aromatic nitrogens is 2. The fraction of sp³-hybridized carbons (Fsp3) is 0.133. The van der Waals surface area contributed by atoms with E-state index in [2.05, 4.69) is 15.2 Å². The Morgan fingerprint density at radius 3 is 2.76 bits per heavy atom. The second kappa shape index (κ2) is 5.18. The number of imidazole rings is 1. The number of phenolic OH excluding ortho intramolecular Hbond substituents is 1. The Balaban J connectivity index is 2.11. The molecule has 0 saturated carbocycles. The van der Waals surface area contributed by atoms with Gasteiger partial charge in [0, 0.05) is 10.7 Å². The van der Waals surface area contributed by atoms with Crippen LogP contribution in [-0.4, -0.2) is 14.5 Å². The van der Waals surface area contributed by atoms with Gasteiger partial charge in [0.15, 0.2) is 5.82 Å². The lowest BCUT2D eigenvalue weighted by atomic mass is 10.3. The molecule has 0 atom stereocenters. The molecule has 0 bridgehead atoms. The molecule has 0 aliphatic rings. The number of phenols is 1. The van der Waals surface area contributed by atoms with E-state index in [-0.39, 0.29) is 5.75 Å². The molecule has 106 valence electrons. The zero-order valence-electron chi connectivity index (χ0n) is 11.6. The number of rotatable bonds is 2. The van der Waals surface area contributed by atoms with Crippen LogP contribution in [0.4, 0.5) is 11.5 Å². The first kappa shape index (κ1) is 13.6. The minimum absolute atomic E-state index is 0.0337. The van der Waals surface area contributed by atoms with Crippen LogP contribution in [0.3, 0.4) is 0 Å². The van der Waals surface area contributed by atoms with Crippen LogP contribution in [0.15, 0.2) is 46.6 Å². The lowest BCUT2D eigenvalue weighted by Gasteiger charge is -2.01. The molecular weight excluding hydrogens is 288 g/mol. The second-order valence-electron chi connectivity index (χ2n) is 4.71. The predicted octanol–water partition coefficient (Wildman–Crippen LogP) is 4.73. The van der Waals surface area contributed by atoms with E-state index in [0.29, 0.717) is 16.5 Å². The van der Waals surface area contributed by atoms with Crippen molar-refractivity contribution in [3.8, 4) is 5.75 Å². The minimum Gasteiger partial charge on any atom is -0.506 e. The summed E-state index contributed by atoms with van der Waals surface area (Å²) in [6.07, 6.45) is 0. The Morgan fingerprint density at radius 1 is 1.14 bits per heavy atom. The Bertz CT molecular complexity index is 854. The van der Waals surface area contributed by atoms with Gasteiger partial charge in [0.25, 0.3) is 0 Å². The summed E-state index contributed by atoms with van der Waals surface area (Å²) >= 11 is 5.90. The number of aromatic hydroxyl groups is 1. The molecule has 5 nitrogen and oxygen atoms in total. The van der Waals surface area contributed by atoms with Crippen molar-refractivity contribution in [2.45, 2.75) is 13.8 Å². The third kappa shape index (κ3) is 2.48. The van der Waals surface area contributed by atoms with Gasteiger partial charge in [0.1, 0.15) is 17.1 Å². The SMILES string of the molecule is Cc1nc2cccc(C)n2c1N=Nc1cc(Cl)ccc1O. The summed E-state index contributed by atoms with van der Waals surface area (Å²) in [4.78, 5) is 4.45. The number of pyridine rings is 1. The van der Waals surface area contributed by atoms with Crippen LogP contribution in [0, 0.1) is 13.8 Å². The van der Waals surface area contributed by atoms with Gasteiger partial charge in [-0.3, -0.25) is 4.40 Å². The first-order valence-corrected chi connectivity index (χ1v) is 6.79. The highest BCUT2D eigenvalue weighted by Gasteiger charge is 2.10. The third-order valence-corrected chi connectivity index (χ3v) is 3.41. The zero-order valence-corrected chi connectivity index (χ0v) is 12.3. The third-order valence-electron chi connectivity index (χ3n) is 3.17. The molecule has 0 fully saturated rings. The summed E-state index contributed by atoms with van der Waals surface area (Å²) in [5.74, 6) is 0.675. The van der Waals surface area contributed by atoms with Crippen LogP contribution < -0.4 is 0 Å². The average molecular weight is 301 g/mol. The highest BCUT2D eigenvalue weighted by Crippen LogP contribution is 2.31. The molecule has 0 aliphatic heterocycles. The van der Waals surface area contributed by atoms with Crippen molar-refractivity contribution in [2.24, 2.45) is 10.2 Å². The van der Waals surface area contributed by atoms with Gasteiger partial charge in [-0.25, -0.2) is 4.98 Å². The number of fused-ring (bicyclic) bond motifs is 1. The van der Waals surface area contributed by atoms with Crippen LogP contribution in [0.25, 0.3) is 5.65 Å². The lowest BCUT2D eigenvalue weighted by Crippen LogP contribution is -1.88. The Hall–Kier alpha value is -2.40. The fourth-order valence-corrected chi connectivity index (χ4v) is 2.31. The summed E-state index contributed by atoms with van der Waals surface area (Å²) in [5.41, 5.74) is 2.93. The van der Waals surface area contributed by atoms with E-state index in [1.165, 1.54) is 6.07 Å². The maximum atomic E-state index is 9.77. The average Bonchev–Trinajstić information content (AvgIpc) is 2.77. The Morgan fingerprint density at radius 2 is 1.95 bits per heavy atom. The van der Waals surface area contributed by atoms with Crippen LogP contribution in [-0.2, 0) is 0 Å². The van der Waals surface area contributed by atoms with Crippen molar-refractivity contribution in [3.63, 3.8) is 0 Å². The minimum atomic E-state index is 0.0337. The van der Waals surface area contributed by atoms with Gasteiger partial charge >= 0.3 is 0 Å². The highest BCUT2D eigenvalue weighted by atomic mass is 35.5. The first-order valence-electron chi connectivity index (χ1n) is 6.41. The van der Waals surface area contributed by atoms with Crippen molar-refractivity contribution >= 4 is 28.8 Å². The van der Waals surface area contributed by atoms with E-state index < -0.39 is 0 Å². The molecule has 1 aromatic carbocycles. The van der Waals surface area contributed by atoms with E-state index in [4.69, 9.17) is 11.6 Å².